The lowest BCUT2D eigenvalue weighted by atomic mass is 10.2. The van der Waals surface area contributed by atoms with Gasteiger partial charge in [0.15, 0.2) is 9.84 Å². The molecule has 0 aromatic heterocycles. The molecular formula is C18H22O4S. The van der Waals surface area contributed by atoms with Crippen LogP contribution in [-0.4, -0.2) is 32.0 Å². The number of aliphatic hydroxyl groups excluding tert-OH is 1. The Bertz CT molecular complexity index is 694. The van der Waals surface area contributed by atoms with Gasteiger partial charge in [0.2, 0.25) is 0 Å². The van der Waals surface area contributed by atoms with Gasteiger partial charge in [-0.3, -0.25) is 0 Å². The van der Waals surface area contributed by atoms with Gasteiger partial charge in [-0.25, -0.2) is 8.42 Å². The van der Waals surface area contributed by atoms with E-state index in [9.17, 15) is 13.5 Å². The zero-order valence-corrected chi connectivity index (χ0v) is 14.0. The maximum atomic E-state index is 12.1. The van der Waals surface area contributed by atoms with Crippen LogP contribution in [0, 0.1) is 0 Å². The highest BCUT2D eigenvalue weighted by atomic mass is 32.2. The molecule has 2 aromatic rings. The molecule has 2 rings (SSSR count). The number of hydrogen-bond donors (Lipinski definition) is 1. The number of rotatable bonds is 8. The second-order valence-electron chi connectivity index (χ2n) is 5.50. The van der Waals surface area contributed by atoms with Gasteiger partial charge in [0.05, 0.1) is 11.5 Å². The summed E-state index contributed by atoms with van der Waals surface area (Å²) in [6, 6.07) is 16.5. The van der Waals surface area contributed by atoms with Crippen molar-refractivity contribution >= 4 is 9.84 Å². The third-order valence-electron chi connectivity index (χ3n) is 3.45. The molecule has 0 saturated heterocycles. The first-order valence-corrected chi connectivity index (χ1v) is 9.45. The predicted molar refractivity (Wildman–Crippen MR) is 91.3 cm³/mol. The van der Waals surface area contributed by atoms with Crippen LogP contribution in [0.25, 0.3) is 0 Å². The minimum absolute atomic E-state index is 0.0422. The van der Waals surface area contributed by atoms with Crippen LogP contribution in [0.5, 0.6) is 5.75 Å². The molecule has 4 nitrogen and oxygen atoms in total. The third kappa shape index (κ3) is 6.04. The van der Waals surface area contributed by atoms with E-state index in [1.54, 1.807) is 24.3 Å². The van der Waals surface area contributed by atoms with Gasteiger partial charge in [0.25, 0.3) is 0 Å². The normalized spacial score (nSPS) is 12.8. The fourth-order valence-corrected chi connectivity index (χ4v) is 3.74. The third-order valence-corrected chi connectivity index (χ3v) is 5.12. The van der Waals surface area contributed by atoms with Crippen molar-refractivity contribution in [2.24, 2.45) is 0 Å². The van der Waals surface area contributed by atoms with Gasteiger partial charge in [0, 0.05) is 0 Å². The molecule has 0 aliphatic heterocycles. The molecule has 0 amide bonds. The monoisotopic (exact) mass is 334 g/mol. The molecular weight excluding hydrogens is 312 g/mol. The van der Waals surface area contributed by atoms with E-state index in [-0.39, 0.29) is 18.1 Å². The summed E-state index contributed by atoms with van der Waals surface area (Å²) in [7, 11) is -3.38. The number of aliphatic hydroxyl groups is 1. The van der Waals surface area contributed by atoms with E-state index >= 15 is 0 Å². The first kappa shape index (κ1) is 17.5. The lowest BCUT2D eigenvalue weighted by Crippen LogP contribution is -2.27. The fourth-order valence-electron chi connectivity index (χ4n) is 2.24. The zero-order valence-electron chi connectivity index (χ0n) is 13.2. The van der Waals surface area contributed by atoms with Crippen molar-refractivity contribution in [1.82, 2.24) is 0 Å². The Morgan fingerprint density at radius 2 is 1.65 bits per heavy atom. The highest BCUT2D eigenvalue weighted by Gasteiger charge is 2.18. The van der Waals surface area contributed by atoms with Gasteiger partial charge in [-0.1, -0.05) is 49.4 Å². The number of benzene rings is 2. The van der Waals surface area contributed by atoms with Crippen LogP contribution in [-0.2, 0) is 22.0 Å². The maximum Gasteiger partial charge on any atom is 0.157 e. The number of ether oxygens (including phenoxy) is 1. The van der Waals surface area contributed by atoms with Crippen molar-refractivity contribution in [3.63, 3.8) is 0 Å². The molecule has 0 aliphatic rings. The summed E-state index contributed by atoms with van der Waals surface area (Å²) in [4.78, 5) is 0. The summed E-state index contributed by atoms with van der Waals surface area (Å²) in [5.41, 5.74) is 1.92. The molecule has 124 valence electrons. The lowest BCUT2D eigenvalue weighted by Gasteiger charge is -2.13. The molecule has 0 fully saturated rings. The minimum Gasteiger partial charge on any atom is -0.491 e. The van der Waals surface area contributed by atoms with Crippen molar-refractivity contribution in [1.29, 1.82) is 0 Å². The lowest BCUT2D eigenvalue weighted by molar-refractivity contribution is 0.125. The highest BCUT2D eigenvalue weighted by molar-refractivity contribution is 7.90. The summed E-state index contributed by atoms with van der Waals surface area (Å²) >= 11 is 0. The molecule has 0 heterocycles. The van der Waals surface area contributed by atoms with Crippen molar-refractivity contribution < 1.29 is 18.3 Å². The molecule has 5 heteroatoms. The molecule has 23 heavy (non-hydrogen) atoms. The Morgan fingerprint density at radius 3 is 2.26 bits per heavy atom. The van der Waals surface area contributed by atoms with E-state index in [2.05, 4.69) is 6.92 Å². The summed E-state index contributed by atoms with van der Waals surface area (Å²) < 4.78 is 29.6. The summed E-state index contributed by atoms with van der Waals surface area (Å²) in [6.07, 6.45) is -0.102. The Hall–Kier alpha value is -1.85. The van der Waals surface area contributed by atoms with Gasteiger partial charge >= 0.3 is 0 Å². The standard InChI is InChI=1S/C18H22O4S/c1-2-15-8-10-18(11-9-15)22-12-17(19)14-23(20,21)13-16-6-4-3-5-7-16/h3-11,17,19H,2,12-14H2,1H3. The van der Waals surface area contributed by atoms with Gasteiger partial charge in [-0.05, 0) is 29.7 Å². The minimum atomic E-state index is -3.38. The van der Waals surface area contributed by atoms with Crippen LogP contribution in [0.1, 0.15) is 18.1 Å². The Morgan fingerprint density at radius 1 is 1.00 bits per heavy atom. The first-order chi connectivity index (χ1) is 11.0. The summed E-state index contributed by atoms with van der Waals surface area (Å²) in [5.74, 6) is 0.243. The molecule has 1 atom stereocenters. The van der Waals surface area contributed by atoms with Crippen molar-refractivity contribution in [2.75, 3.05) is 12.4 Å². The van der Waals surface area contributed by atoms with E-state index < -0.39 is 15.9 Å². The molecule has 1 unspecified atom stereocenters. The van der Waals surface area contributed by atoms with Gasteiger partial charge in [0.1, 0.15) is 18.5 Å². The van der Waals surface area contributed by atoms with Crippen molar-refractivity contribution in [3.8, 4) is 5.75 Å². The first-order valence-electron chi connectivity index (χ1n) is 7.62. The molecule has 0 aliphatic carbocycles. The largest absolute Gasteiger partial charge is 0.491 e. The smallest absolute Gasteiger partial charge is 0.157 e. The van der Waals surface area contributed by atoms with Crippen LogP contribution in [0.15, 0.2) is 54.6 Å². The average Bonchev–Trinajstić information content (AvgIpc) is 2.53. The average molecular weight is 334 g/mol. The Kier molecular flexibility index (Phi) is 6.19. The Labute approximate surface area is 137 Å². The van der Waals surface area contributed by atoms with Crippen molar-refractivity contribution in [2.45, 2.75) is 25.2 Å². The zero-order chi connectivity index (χ0) is 16.7. The van der Waals surface area contributed by atoms with E-state index in [0.717, 1.165) is 12.0 Å². The molecule has 0 radical (unpaired) electrons. The summed E-state index contributed by atoms with van der Waals surface area (Å²) in [5, 5.41) is 9.92. The molecule has 2 aromatic carbocycles. The van der Waals surface area contributed by atoms with Crippen LogP contribution in [0.3, 0.4) is 0 Å². The molecule has 0 spiro atoms. The van der Waals surface area contributed by atoms with Crippen LogP contribution >= 0.6 is 0 Å². The maximum absolute atomic E-state index is 12.1. The molecule has 0 saturated carbocycles. The number of sulfone groups is 1. The number of aryl methyl sites for hydroxylation is 1. The van der Waals surface area contributed by atoms with Gasteiger partial charge in [-0.15, -0.1) is 0 Å². The van der Waals surface area contributed by atoms with Crippen LogP contribution in [0.4, 0.5) is 0 Å². The predicted octanol–water partition coefficient (Wildman–Crippen LogP) is 2.60. The second-order valence-corrected chi connectivity index (χ2v) is 7.61. The second kappa shape index (κ2) is 8.13. The van der Waals surface area contributed by atoms with E-state index in [1.165, 1.54) is 5.56 Å². The van der Waals surface area contributed by atoms with Crippen molar-refractivity contribution in [3.05, 3.63) is 65.7 Å². The molecule has 0 bridgehead atoms. The van der Waals surface area contributed by atoms with Crippen LogP contribution < -0.4 is 4.74 Å². The van der Waals surface area contributed by atoms with E-state index in [4.69, 9.17) is 4.74 Å². The van der Waals surface area contributed by atoms with E-state index in [0.29, 0.717) is 5.75 Å². The van der Waals surface area contributed by atoms with Crippen LogP contribution in [0.2, 0.25) is 0 Å². The highest BCUT2D eigenvalue weighted by Crippen LogP contribution is 2.13. The topological polar surface area (TPSA) is 63.6 Å². The molecule has 1 N–H and O–H groups in total. The SMILES string of the molecule is CCc1ccc(OCC(O)CS(=O)(=O)Cc2ccccc2)cc1. The fraction of sp³-hybridized carbons (Fsp3) is 0.333. The number of hydrogen-bond acceptors (Lipinski definition) is 4. The van der Waals surface area contributed by atoms with E-state index in [1.807, 2.05) is 30.3 Å². The summed E-state index contributed by atoms with van der Waals surface area (Å²) in [6.45, 7) is 2.02. The van der Waals surface area contributed by atoms with Gasteiger partial charge in [-0.2, -0.15) is 0 Å². The Balaban J connectivity index is 1.84. The van der Waals surface area contributed by atoms with Gasteiger partial charge < -0.3 is 9.84 Å². The quantitative estimate of drug-likeness (QED) is 0.806.